The van der Waals surface area contributed by atoms with Crippen LogP contribution in [0.15, 0.2) is 0 Å². The van der Waals surface area contributed by atoms with Gasteiger partial charge in [0.1, 0.15) is 13.5 Å². The minimum Gasteiger partial charge on any atom is -0.453 e. The largest absolute Gasteiger partial charge is 0.453 e. The van der Waals surface area contributed by atoms with Crippen molar-refractivity contribution in [1.82, 2.24) is 14.2 Å². The van der Waals surface area contributed by atoms with Gasteiger partial charge in [-0.3, -0.25) is 23.0 Å². The summed E-state index contributed by atoms with van der Waals surface area (Å²) in [6.07, 6.45) is 3.06. The van der Waals surface area contributed by atoms with Crippen LogP contribution in [0.3, 0.4) is 0 Å². The molecule has 198 valence electrons. The second-order valence-electron chi connectivity index (χ2n) is 7.21. The van der Waals surface area contributed by atoms with Gasteiger partial charge in [0.05, 0.1) is 20.3 Å². The molecule has 0 aromatic rings. The predicted octanol–water partition coefficient (Wildman–Crippen LogP) is 5.54. The molecule has 11 nitrogen and oxygen atoms in total. The Morgan fingerprint density at radius 2 is 1.30 bits per heavy atom. The van der Waals surface area contributed by atoms with Crippen molar-refractivity contribution in [1.29, 1.82) is 0 Å². The number of hydrogen-bond acceptors (Lipinski definition) is 8. The molecule has 0 N–H and O–H groups in total. The summed E-state index contributed by atoms with van der Waals surface area (Å²) in [4.78, 5) is 12.4. The molecule has 0 bridgehead atoms. The first-order valence-electron chi connectivity index (χ1n) is 11.8. The van der Waals surface area contributed by atoms with Crippen molar-refractivity contribution in [2.45, 2.75) is 67.2 Å². The Morgan fingerprint density at radius 1 is 0.879 bits per heavy atom. The molecule has 13 heteroatoms. The lowest BCUT2D eigenvalue weighted by Gasteiger charge is -2.36. The van der Waals surface area contributed by atoms with Gasteiger partial charge in [0.15, 0.2) is 0 Å². The maximum absolute atomic E-state index is 12.5. The van der Waals surface area contributed by atoms with Gasteiger partial charge in [0.25, 0.3) is 0 Å². The lowest BCUT2D eigenvalue weighted by atomic mass is 10.4. The molecule has 0 aromatic heterocycles. The highest BCUT2D eigenvalue weighted by Crippen LogP contribution is 2.54. The van der Waals surface area contributed by atoms with Crippen LogP contribution >= 0.6 is 15.5 Å². The van der Waals surface area contributed by atoms with Crippen molar-refractivity contribution < 1.29 is 36.8 Å². The van der Waals surface area contributed by atoms with Gasteiger partial charge in [0, 0.05) is 26.2 Å². The standard InChI is InChI=1S/C10H21N2O5P.C10H24NO3P/c1-4-6-12(7-5-2)18(14)16-8-11(9-17-18)10(13)15-3;1-5-9-11(10-6-2)15(12,13-7-3)14-8-4/h4-9H2,1-3H3;5-10H2,1-4H3. The van der Waals surface area contributed by atoms with Crippen LogP contribution < -0.4 is 0 Å². The van der Waals surface area contributed by atoms with Crippen LogP contribution in [0.5, 0.6) is 0 Å². The molecule has 33 heavy (non-hydrogen) atoms. The third-order valence-electron chi connectivity index (χ3n) is 4.39. The summed E-state index contributed by atoms with van der Waals surface area (Å²) in [6.45, 7) is 15.3. The quantitative estimate of drug-likeness (QED) is 0.273. The number of ether oxygens (including phenoxy) is 1. The molecule has 0 aromatic carbocycles. The summed E-state index contributed by atoms with van der Waals surface area (Å²) in [5.41, 5.74) is 0. The predicted molar refractivity (Wildman–Crippen MR) is 129 cm³/mol. The monoisotopic (exact) mass is 517 g/mol. The maximum Gasteiger partial charge on any atom is 0.413 e. The summed E-state index contributed by atoms with van der Waals surface area (Å²) >= 11 is 0. The number of hydrogen-bond donors (Lipinski definition) is 0. The number of methoxy groups -OCH3 is 1. The van der Waals surface area contributed by atoms with Gasteiger partial charge in [-0.2, -0.15) is 0 Å². The minimum atomic E-state index is -3.26. The van der Waals surface area contributed by atoms with Gasteiger partial charge in [-0.25, -0.2) is 23.3 Å². The number of rotatable bonds is 14. The van der Waals surface area contributed by atoms with Gasteiger partial charge in [0.2, 0.25) is 0 Å². The Balaban J connectivity index is 0.000000633. The Kier molecular flexibility index (Phi) is 17.6. The van der Waals surface area contributed by atoms with E-state index in [9.17, 15) is 13.9 Å². The molecule has 1 fully saturated rings. The van der Waals surface area contributed by atoms with E-state index in [-0.39, 0.29) is 13.5 Å². The average Bonchev–Trinajstić information content (AvgIpc) is 2.79. The smallest absolute Gasteiger partial charge is 0.413 e. The van der Waals surface area contributed by atoms with Crippen LogP contribution in [-0.4, -0.2) is 80.3 Å². The van der Waals surface area contributed by atoms with E-state index in [1.807, 2.05) is 32.4 Å². The molecule has 1 heterocycles. The maximum atomic E-state index is 12.5. The number of amides is 1. The van der Waals surface area contributed by atoms with Crippen LogP contribution in [0, 0.1) is 0 Å². The van der Waals surface area contributed by atoms with Crippen molar-refractivity contribution in [3.8, 4) is 0 Å². The number of carbonyl (C=O) groups excluding carboxylic acids is 1. The van der Waals surface area contributed by atoms with E-state index in [0.29, 0.717) is 26.3 Å². The third kappa shape index (κ3) is 11.2. The molecule has 1 aliphatic heterocycles. The summed E-state index contributed by atoms with van der Waals surface area (Å²) in [5, 5.41) is 0. The zero-order valence-corrected chi connectivity index (χ0v) is 23.3. The van der Waals surface area contributed by atoms with Gasteiger partial charge >= 0.3 is 21.6 Å². The summed E-state index contributed by atoms with van der Waals surface area (Å²) in [7, 11) is -5.01. The van der Waals surface area contributed by atoms with E-state index in [1.165, 1.54) is 12.0 Å². The molecular weight excluding hydrogens is 472 g/mol. The van der Waals surface area contributed by atoms with E-state index in [1.54, 1.807) is 4.67 Å². The first-order chi connectivity index (χ1) is 15.7. The average molecular weight is 518 g/mol. The topological polar surface area (TPSA) is 107 Å². The van der Waals surface area contributed by atoms with Crippen molar-refractivity contribution in [2.24, 2.45) is 0 Å². The van der Waals surface area contributed by atoms with E-state index in [4.69, 9.17) is 18.1 Å². The lowest BCUT2D eigenvalue weighted by molar-refractivity contribution is -0.0160. The van der Waals surface area contributed by atoms with Crippen LogP contribution in [0.1, 0.15) is 67.2 Å². The Morgan fingerprint density at radius 3 is 1.64 bits per heavy atom. The van der Waals surface area contributed by atoms with Crippen molar-refractivity contribution >= 4 is 21.6 Å². The van der Waals surface area contributed by atoms with E-state index in [2.05, 4.69) is 18.6 Å². The van der Waals surface area contributed by atoms with Gasteiger partial charge < -0.3 is 4.74 Å². The zero-order valence-electron chi connectivity index (χ0n) is 21.5. The van der Waals surface area contributed by atoms with Gasteiger partial charge in [-0.05, 0) is 39.5 Å². The second kappa shape index (κ2) is 17.9. The molecule has 1 aliphatic rings. The fraction of sp³-hybridized carbons (Fsp3) is 0.950. The van der Waals surface area contributed by atoms with Crippen LogP contribution in [-0.2, 0) is 32.0 Å². The molecule has 0 aliphatic carbocycles. The Hall–Kier alpha value is -0.510. The van der Waals surface area contributed by atoms with Crippen molar-refractivity contribution in [3.63, 3.8) is 0 Å². The Labute approximate surface area is 200 Å². The molecule has 0 unspecified atom stereocenters. The second-order valence-corrected chi connectivity index (χ2v) is 11.2. The third-order valence-corrected chi connectivity index (χ3v) is 8.63. The first-order valence-corrected chi connectivity index (χ1v) is 14.8. The highest BCUT2D eigenvalue weighted by molar-refractivity contribution is 7.51. The van der Waals surface area contributed by atoms with Crippen molar-refractivity contribution in [3.05, 3.63) is 0 Å². The first kappa shape index (κ1) is 32.5. The SMILES string of the molecule is CCCN(CCC)P(=O)(OCC)OCC.CCCN(CCC)P1(=O)OCN(C(=O)OC)CO1. The fourth-order valence-electron chi connectivity index (χ4n) is 3.03. The molecule has 0 atom stereocenters. The van der Waals surface area contributed by atoms with E-state index < -0.39 is 21.6 Å². The summed E-state index contributed by atoms with van der Waals surface area (Å²) in [5.74, 6) is 0. The van der Waals surface area contributed by atoms with E-state index >= 15 is 0 Å². The zero-order chi connectivity index (χ0) is 25.3. The molecule has 1 amide bonds. The molecule has 0 spiro atoms. The van der Waals surface area contributed by atoms with Gasteiger partial charge in [-0.1, -0.05) is 27.7 Å². The lowest BCUT2D eigenvalue weighted by Crippen LogP contribution is -2.40. The highest BCUT2D eigenvalue weighted by Gasteiger charge is 2.38. The highest BCUT2D eigenvalue weighted by atomic mass is 31.2. The molecule has 0 radical (unpaired) electrons. The fourth-order valence-corrected chi connectivity index (χ4v) is 6.84. The summed E-state index contributed by atoms with van der Waals surface area (Å²) in [6, 6.07) is 0. The molecule has 1 saturated heterocycles. The molecule has 0 saturated carbocycles. The number of nitrogens with zero attached hydrogens (tertiary/aromatic N) is 3. The summed E-state index contributed by atoms with van der Waals surface area (Å²) < 4.78 is 54.0. The Bertz CT molecular complexity index is 592. The minimum absolute atomic E-state index is 0.0755. The van der Waals surface area contributed by atoms with Crippen LogP contribution in [0.25, 0.3) is 0 Å². The van der Waals surface area contributed by atoms with Crippen LogP contribution in [0.4, 0.5) is 4.79 Å². The normalized spacial score (nSPS) is 16.0. The number of carbonyl (C=O) groups is 1. The van der Waals surface area contributed by atoms with Crippen molar-refractivity contribution in [2.75, 3.05) is 60.0 Å². The molecule has 1 rings (SSSR count). The van der Waals surface area contributed by atoms with Crippen LogP contribution in [0.2, 0.25) is 0 Å². The molecular formula is C20H45N3O8P2. The van der Waals surface area contributed by atoms with E-state index in [0.717, 1.165) is 38.8 Å². The van der Waals surface area contributed by atoms with Gasteiger partial charge in [-0.15, -0.1) is 0 Å².